The summed E-state index contributed by atoms with van der Waals surface area (Å²) in [5.74, 6) is 0. The maximum Gasteiger partial charge on any atom is 0.417 e. The van der Waals surface area contributed by atoms with Crippen LogP contribution in [0.25, 0.3) is 0 Å². The van der Waals surface area contributed by atoms with Crippen molar-refractivity contribution >= 4 is 28.1 Å². The van der Waals surface area contributed by atoms with Crippen molar-refractivity contribution in [2.45, 2.75) is 36.6 Å². The molecule has 0 heterocycles. The molecule has 0 fully saturated rings. The van der Waals surface area contributed by atoms with Crippen LogP contribution in [0.2, 0.25) is 0 Å². The van der Waals surface area contributed by atoms with E-state index >= 15 is 0 Å². The largest absolute Gasteiger partial charge is 0.417 e. The van der Waals surface area contributed by atoms with E-state index in [1.807, 2.05) is 0 Å². The SMILES string of the molecule is CCNS(=O)(=O)c1ccc([N+](=O)[O-])cc1C[C@H](N)c1ccc(C(F)(F)F)c(C(F)(F)F)c1.Cl. The number of halogens is 7. The van der Waals surface area contributed by atoms with Gasteiger partial charge in [-0.1, -0.05) is 13.0 Å². The Morgan fingerprint density at radius 3 is 2.09 bits per heavy atom. The Balaban J connectivity index is 0.00000544. The predicted molar refractivity (Wildman–Crippen MR) is 108 cm³/mol. The highest BCUT2D eigenvalue weighted by Gasteiger charge is 2.43. The number of nitro benzene ring substituents is 1. The van der Waals surface area contributed by atoms with Crippen molar-refractivity contribution in [2.24, 2.45) is 5.73 Å². The first-order valence-corrected chi connectivity index (χ1v) is 10.4. The lowest BCUT2D eigenvalue weighted by atomic mass is 9.95. The summed E-state index contributed by atoms with van der Waals surface area (Å²) in [4.78, 5) is 9.87. The average Bonchev–Trinajstić information content (AvgIpc) is 2.65. The third kappa shape index (κ3) is 6.79. The van der Waals surface area contributed by atoms with Crippen LogP contribution in [0.4, 0.5) is 32.0 Å². The Morgan fingerprint density at radius 2 is 1.61 bits per heavy atom. The van der Waals surface area contributed by atoms with Crippen LogP contribution in [0.15, 0.2) is 41.3 Å². The second-order valence-corrected chi connectivity index (χ2v) is 8.40. The summed E-state index contributed by atoms with van der Waals surface area (Å²) in [6.45, 7) is 1.47. The van der Waals surface area contributed by atoms with Gasteiger partial charge < -0.3 is 5.73 Å². The Bertz CT molecular complexity index is 1120. The molecular formula is C18H18ClF6N3O4S. The van der Waals surface area contributed by atoms with Gasteiger partial charge in [0.1, 0.15) is 0 Å². The van der Waals surface area contributed by atoms with Crippen molar-refractivity contribution in [3.05, 3.63) is 68.8 Å². The summed E-state index contributed by atoms with van der Waals surface area (Å²) in [6, 6.07) is 2.61. The standard InChI is InChI=1S/C18H17F6N3O4S.ClH/c1-2-26-32(30,31)16-6-4-12(27(28)29)7-11(16)9-15(25)10-3-5-13(17(19,20)21)14(8-10)18(22,23)24;/h3-8,15,26H,2,9,25H2,1H3;1H/t15-;/m0./s1. The van der Waals surface area contributed by atoms with Crippen molar-refractivity contribution in [2.75, 3.05) is 6.54 Å². The fraction of sp³-hybridized carbons (Fsp3) is 0.333. The van der Waals surface area contributed by atoms with Gasteiger partial charge in [-0.3, -0.25) is 10.1 Å². The molecule has 0 bridgehead atoms. The number of nitro groups is 1. The van der Waals surface area contributed by atoms with E-state index in [9.17, 15) is 44.9 Å². The first kappa shape index (κ1) is 28.6. The topological polar surface area (TPSA) is 115 Å². The van der Waals surface area contributed by atoms with E-state index in [-0.39, 0.29) is 47.1 Å². The van der Waals surface area contributed by atoms with E-state index < -0.39 is 56.6 Å². The quantitative estimate of drug-likeness (QED) is 0.314. The number of non-ortho nitro benzene ring substituents is 1. The molecule has 7 nitrogen and oxygen atoms in total. The van der Waals surface area contributed by atoms with Crippen molar-refractivity contribution in [3.63, 3.8) is 0 Å². The fourth-order valence-electron chi connectivity index (χ4n) is 3.00. The van der Waals surface area contributed by atoms with Gasteiger partial charge in [0.05, 0.1) is 20.9 Å². The summed E-state index contributed by atoms with van der Waals surface area (Å²) in [7, 11) is -4.13. The first-order valence-electron chi connectivity index (χ1n) is 8.88. The minimum atomic E-state index is -5.33. The highest BCUT2D eigenvalue weighted by molar-refractivity contribution is 7.89. The van der Waals surface area contributed by atoms with Gasteiger partial charge in [-0.2, -0.15) is 26.3 Å². The molecule has 0 aliphatic carbocycles. The van der Waals surface area contributed by atoms with Crippen molar-refractivity contribution < 1.29 is 39.7 Å². The van der Waals surface area contributed by atoms with Gasteiger partial charge in [-0.05, 0) is 35.7 Å². The third-order valence-electron chi connectivity index (χ3n) is 4.40. The number of sulfonamides is 1. The summed E-state index contributed by atoms with van der Waals surface area (Å²) >= 11 is 0. The van der Waals surface area contributed by atoms with Gasteiger partial charge in [0.15, 0.2) is 0 Å². The molecule has 33 heavy (non-hydrogen) atoms. The van der Waals surface area contributed by atoms with E-state index in [2.05, 4.69) is 4.72 Å². The Kier molecular flexibility index (Phi) is 8.88. The first-order chi connectivity index (χ1) is 14.6. The molecule has 0 unspecified atom stereocenters. The van der Waals surface area contributed by atoms with Crippen molar-refractivity contribution in [1.29, 1.82) is 0 Å². The number of benzene rings is 2. The van der Waals surface area contributed by atoms with Crippen LogP contribution in [-0.4, -0.2) is 19.9 Å². The van der Waals surface area contributed by atoms with Crippen LogP contribution < -0.4 is 10.5 Å². The molecule has 15 heteroatoms. The minimum Gasteiger partial charge on any atom is -0.324 e. The number of nitrogens with two attached hydrogens (primary N) is 1. The van der Waals surface area contributed by atoms with Crippen molar-refractivity contribution in [1.82, 2.24) is 4.72 Å². The predicted octanol–water partition coefficient (Wildman–Crippen LogP) is 4.59. The van der Waals surface area contributed by atoms with Crippen LogP contribution in [0.3, 0.4) is 0 Å². The molecule has 2 rings (SSSR count). The maximum atomic E-state index is 13.2. The smallest absolute Gasteiger partial charge is 0.324 e. The molecule has 0 aliphatic heterocycles. The van der Waals surface area contributed by atoms with Gasteiger partial charge in [-0.25, -0.2) is 13.1 Å². The molecule has 0 saturated heterocycles. The van der Waals surface area contributed by atoms with Gasteiger partial charge in [0, 0.05) is 24.7 Å². The molecule has 2 aromatic carbocycles. The number of hydrogen-bond donors (Lipinski definition) is 2. The van der Waals surface area contributed by atoms with Gasteiger partial charge >= 0.3 is 12.4 Å². The zero-order chi connectivity index (χ0) is 24.5. The number of nitrogens with one attached hydrogen (secondary N) is 1. The zero-order valence-corrected chi connectivity index (χ0v) is 18.3. The molecule has 0 spiro atoms. The highest BCUT2D eigenvalue weighted by atomic mass is 35.5. The molecule has 0 radical (unpaired) electrons. The molecule has 1 atom stereocenters. The zero-order valence-electron chi connectivity index (χ0n) is 16.7. The molecule has 0 amide bonds. The average molecular weight is 522 g/mol. The van der Waals surface area contributed by atoms with E-state index in [1.165, 1.54) is 6.92 Å². The second kappa shape index (κ2) is 10.2. The molecule has 184 valence electrons. The summed E-state index contributed by atoms with van der Waals surface area (Å²) in [5.41, 5.74) is 1.00. The van der Waals surface area contributed by atoms with Crippen LogP contribution in [0.5, 0.6) is 0 Å². The summed E-state index contributed by atoms with van der Waals surface area (Å²) < 4.78 is 105. The van der Waals surface area contributed by atoms with E-state index in [4.69, 9.17) is 5.73 Å². The normalized spacial score (nSPS) is 13.3. The molecule has 2 aromatic rings. The Labute approximate surface area is 190 Å². The van der Waals surface area contributed by atoms with Gasteiger partial charge in [0.25, 0.3) is 5.69 Å². The van der Waals surface area contributed by atoms with Gasteiger partial charge in [0.2, 0.25) is 10.0 Å². The highest BCUT2D eigenvalue weighted by Crippen LogP contribution is 2.41. The van der Waals surface area contributed by atoms with Crippen LogP contribution in [0.1, 0.15) is 35.2 Å². The van der Waals surface area contributed by atoms with E-state index in [1.54, 1.807) is 0 Å². The lowest BCUT2D eigenvalue weighted by Crippen LogP contribution is -2.25. The number of rotatable bonds is 7. The monoisotopic (exact) mass is 521 g/mol. The molecule has 0 saturated carbocycles. The Morgan fingerprint density at radius 1 is 1.03 bits per heavy atom. The van der Waals surface area contributed by atoms with Crippen LogP contribution in [-0.2, 0) is 28.8 Å². The number of hydrogen-bond acceptors (Lipinski definition) is 5. The fourth-order valence-corrected chi connectivity index (χ4v) is 4.27. The number of nitrogens with zero attached hydrogens (tertiary/aromatic N) is 1. The summed E-state index contributed by atoms with van der Waals surface area (Å²) in [5, 5.41) is 11.1. The van der Waals surface area contributed by atoms with Crippen LogP contribution in [0, 0.1) is 10.1 Å². The molecular weight excluding hydrogens is 504 g/mol. The van der Waals surface area contributed by atoms with Crippen molar-refractivity contribution in [3.8, 4) is 0 Å². The van der Waals surface area contributed by atoms with Gasteiger partial charge in [-0.15, -0.1) is 12.4 Å². The lowest BCUT2D eigenvalue weighted by molar-refractivity contribution is -0.385. The number of alkyl halides is 6. The van der Waals surface area contributed by atoms with E-state index in [0.29, 0.717) is 0 Å². The third-order valence-corrected chi connectivity index (χ3v) is 6.05. The van der Waals surface area contributed by atoms with E-state index in [0.717, 1.165) is 24.3 Å². The Hall–Kier alpha value is -2.42. The maximum absolute atomic E-state index is 13.2. The van der Waals surface area contributed by atoms with Crippen LogP contribution >= 0.6 is 12.4 Å². The minimum absolute atomic E-state index is 0. The molecule has 3 N–H and O–H groups in total. The second-order valence-electron chi connectivity index (χ2n) is 6.66. The molecule has 0 aromatic heterocycles. The summed E-state index contributed by atoms with van der Waals surface area (Å²) in [6.07, 6.45) is -11.1. The molecule has 0 aliphatic rings. The lowest BCUT2D eigenvalue weighted by Gasteiger charge is -2.20.